The fourth-order valence-electron chi connectivity index (χ4n) is 3.70. The molecule has 5 aromatic heterocycles. The van der Waals surface area contributed by atoms with Crippen molar-refractivity contribution in [2.45, 2.75) is 78.6 Å². The summed E-state index contributed by atoms with van der Waals surface area (Å²) in [4.78, 5) is 30.3. The SMILES string of the molecule is CC(C)(C)c1cc(=O)[nH]cn1.CC(C)(C)c1ccnc2cccnc12.CC(C)(C)c1cnc2cccnn12. The lowest BCUT2D eigenvalue weighted by atomic mass is 9.86. The van der Waals surface area contributed by atoms with Crippen LogP contribution in [0.2, 0.25) is 0 Å². The lowest BCUT2D eigenvalue weighted by Gasteiger charge is -2.19. The lowest BCUT2D eigenvalue weighted by Crippen LogP contribution is -2.18. The summed E-state index contributed by atoms with van der Waals surface area (Å²) in [6.07, 6.45) is 8.78. The predicted octanol–water partition coefficient (Wildman–Crippen LogP) is 6.02. The molecule has 0 aliphatic rings. The smallest absolute Gasteiger partial charge is 0.250 e. The van der Waals surface area contributed by atoms with Gasteiger partial charge in [-0.1, -0.05) is 62.3 Å². The largest absolute Gasteiger partial charge is 0.313 e. The minimum atomic E-state index is -0.0927. The van der Waals surface area contributed by atoms with E-state index in [0.29, 0.717) is 0 Å². The van der Waals surface area contributed by atoms with Gasteiger partial charge in [0.15, 0.2) is 5.65 Å². The first-order valence-electron chi connectivity index (χ1n) is 12.7. The molecule has 0 aliphatic heterocycles. The van der Waals surface area contributed by atoms with E-state index in [9.17, 15) is 4.79 Å². The minimum absolute atomic E-state index is 0.0474. The van der Waals surface area contributed by atoms with Gasteiger partial charge in [-0.15, -0.1) is 0 Å². The molecular formula is C30H39N7O. The number of rotatable bonds is 0. The van der Waals surface area contributed by atoms with Gasteiger partial charge >= 0.3 is 0 Å². The molecule has 0 aromatic carbocycles. The molecule has 5 heterocycles. The molecule has 0 saturated heterocycles. The maximum Gasteiger partial charge on any atom is 0.250 e. The average molecular weight is 514 g/mol. The van der Waals surface area contributed by atoms with Crippen LogP contribution in [0.25, 0.3) is 16.7 Å². The van der Waals surface area contributed by atoms with Gasteiger partial charge in [0.25, 0.3) is 5.56 Å². The fraction of sp³-hybridized carbons (Fsp3) is 0.400. The van der Waals surface area contributed by atoms with E-state index in [1.165, 1.54) is 18.0 Å². The van der Waals surface area contributed by atoms with Crippen LogP contribution in [-0.2, 0) is 16.2 Å². The molecule has 38 heavy (non-hydrogen) atoms. The third-order valence-corrected chi connectivity index (χ3v) is 5.80. The Morgan fingerprint density at radius 2 is 1.45 bits per heavy atom. The van der Waals surface area contributed by atoms with Gasteiger partial charge in [-0.05, 0) is 41.3 Å². The van der Waals surface area contributed by atoms with Crippen molar-refractivity contribution in [1.29, 1.82) is 0 Å². The van der Waals surface area contributed by atoms with Crippen LogP contribution < -0.4 is 5.56 Å². The topological polar surface area (TPSA) is 102 Å². The normalized spacial score (nSPS) is 11.9. The first kappa shape index (κ1) is 28.6. The zero-order valence-electron chi connectivity index (χ0n) is 23.9. The molecule has 0 unspecified atom stereocenters. The third-order valence-electron chi connectivity index (χ3n) is 5.80. The van der Waals surface area contributed by atoms with E-state index in [1.54, 1.807) is 6.20 Å². The van der Waals surface area contributed by atoms with Gasteiger partial charge in [0.05, 0.1) is 34.9 Å². The Balaban J connectivity index is 0.000000159. The number of nitrogens with one attached hydrogen (secondary N) is 1. The zero-order chi connectivity index (χ0) is 28.1. The number of aromatic amines is 1. The highest BCUT2D eigenvalue weighted by atomic mass is 16.1. The molecule has 0 bridgehead atoms. The maximum absolute atomic E-state index is 10.8. The van der Waals surface area contributed by atoms with E-state index in [0.717, 1.165) is 28.1 Å². The first-order chi connectivity index (χ1) is 17.7. The highest BCUT2D eigenvalue weighted by Crippen LogP contribution is 2.27. The Morgan fingerprint density at radius 1 is 0.737 bits per heavy atom. The minimum Gasteiger partial charge on any atom is -0.313 e. The van der Waals surface area contributed by atoms with E-state index in [-0.39, 0.29) is 21.8 Å². The number of aromatic nitrogens is 7. The molecule has 0 saturated carbocycles. The number of fused-ring (bicyclic) bond motifs is 2. The van der Waals surface area contributed by atoms with Gasteiger partial charge in [0.2, 0.25) is 0 Å². The third kappa shape index (κ3) is 7.31. The molecule has 0 amide bonds. The molecule has 8 heteroatoms. The number of nitrogens with zero attached hydrogens (tertiary/aromatic N) is 6. The van der Waals surface area contributed by atoms with Gasteiger partial charge in [0.1, 0.15) is 0 Å². The van der Waals surface area contributed by atoms with Crippen molar-refractivity contribution in [1.82, 2.24) is 34.5 Å². The predicted molar refractivity (Wildman–Crippen MR) is 153 cm³/mol. The average Bonchev–Trinajstić information content (AvgIpc) is 3.28. The van der Waals surface area contributed by atoms with Gasteiger partial charge in [-0.3, -0.25) is 14.8 Å². The summed E-state index contributed by atoms with van der Waals surface area (Å²) >= 11 is 0. The summed E-state index contributed by atoms with van der Waals surface area (Å²) in [5, 5.41) is 4.26. The van der Waals surface area contributed by atoms with Crippen LogP contribution in [-0.4, -0.2) is 34.5 Å². The van der Waals surface area contributed by atoms with Gasteiger partial charge < -0.3 is 4.98 Å². The summed E-state index contributed by atoms with van der Waals surface area (Å²) in [5.41, 5.74) is 6.18. The summed E-state index contributed by atoms with van der Waals surface area (Å²) in [6, 6.07) is 11.4. The Labute approximate surface area is 224 Å². The van der Waals surface area contributed by atoms with Crippen molar-refractivity contribution in [3.63, 3.8) is 0 Å². The number of hydrogen-bond acceptors (Lipinski definition) is 6. The van der Waals surface area contributed by atoms with Crippen LogP contribution in [0.3, 0.4) is 0 Å². The zero-order valence-corrected chi connectivity index (χ0v) is 23.9. The van der Waals surface area contributed by atoms with E-state index < -0.39 is 0 Å². The molecular weight excluding hydrogens is 474 g/mol. The van der Waals surface area contributed by atoms with Crippen molar-refractivity contribution in [3.05, 3.63) is 94.8 Å². The van der Waals surface area contributed by atoms with Crippen molar-refractivity contribution < 1.29 is 0 Å². The Morgan fingerprint density at radius 3 is 2.05 bits per heavy atom. The second kappa shape index (κ2) is 11.2. The van der Waals surface area contributed by atoms with Gasteiger partial charge in [-0.2, -0.15) is 5.10 Å². The van der Waals surface area contributed by atoms with Crippen molar-refractivity contribution >= 4 is 16.7 Å². The van der Waals surface area contributed by atoms with Crippen molar-refractivity contribution in [2.75, 3.05) is 0 Å². The first-order valence-corrected chi connectivity index (χ1v) is 12.7. The molecule has 0 spiro atoms. The van der Waals surface area contributed by atoms with E-state index in [4.69, 9.17) is 0 Å². The Kier molecular flexibility index (Phi) is 8.44. The fourth-order valence-corrected chi connectivity index (χ4v) is 3.70. The van der Waals surface area contributed by atoms with Gasteiger partial charge in [-0.25, -0.2) is 14.5 Å². The highest BCUT2D eigenvalue weighted by Gasteiger charge is 2.19. The molecule has 0 radical (unpaired) electrons. The molecule has 0 atom stereocenters. The maximum atomic E-state index is 10.8. The van der Waals surface area contributed by atoms with Crippen molar-refractivity contribution in [3.8, 4) is 0 Å². The van der Waals surface area contributed by atoms with Crippen LogP contribution in [0.5, 0.6) is 0 Å². The van der Waals surface area contributed by atoms with Crippen LogP contribution in [0.1, 0.15) is 79.3 Å². The Hall–Kier alpha value is -3.94. The van der Waals surface area contributed by atoms with Crippen molar-refractivity contribution in [2.24, 2.45) is 0 Å². The summed E-state index contributed by atoms with van der Waals surface area (Å²) in [7, 11) is 0. The molecule has 200 valence electrons. The second-order valence-corrected chi connectivity index (χ2v) is 12.2. The summed E-state index contributed by atoms with van der Waals surface area (Å²) in [5.74, 6) is 0. The second-order valence-electron chi connectivity index (χ2n) is 12.2. The van der Waals surface area contributed by atoms with Crippen LogP contribution in [0.15, 0.2) is 72.3 Å². The molecule has 1 N–H and O–H groups in total. The van der Waals surface area contributed by atoms with Gasteiger partial charge in [0, 0.05) is 35.5 Å². The quantitative estimate of drug-likeness (QED) is 0.272. The standard InChI is InChI=1S/C12H14N2.C10H13N3.C8H12N2O/c1-12(2,3)9-6-8-13-10-5-4-7-14-11(9)10;1-10(2,3)8-7-11-9-5-4-6-12-13(8)9;1-8(2,3)6-4-7(11)10-5-9-6/h4-8H,1-3H3;4-7H,1-3H3;4-5H,1-3H3,(H,9,10,11). The number of H-pyrrole nitrogens is 1. The van der Waals surface area contributed by atoms with E-state index in [2.05, 4.69) is 77.6 Å². The molecule has 0 aliphatic carbocycles. The lowest BCUT2D eigenvalue weighted by molar-refractivity contribution is 0.551. The van der Waals surface area contributed by atoms with Crippen LogP contribution in [0, 0.1) is 0 Å². The number of imidazole rings is 1. The highest BCUT2D eigenvalue weighted by molar-refractivity contribution is 5.78. The van der Waals surface area contributed by atoms with E-state index in [1.807, 2.05) is 68.1 Å². The monoisotopic (exact) mass is 513 g/mol. The molecule has 0 fully saturated rings. The summed E-state index contributed by atoms with van der Waals surface area (Å²) in [6.45, 7) is 19.1. The summed E-state index contributed by atoms with van der Waals surface area (Å²) < 4.78 is 1.89. The molecule has 8 nitrogen and oxygen atoms in total. The van der Waals surface area contributed by atoms with Crippen LogP contribution >= 0.6 is 0 Å². The number of pyridine rings is 2. The molecule has 5 rings (SSSR count). The Bertz CT molecular complexity index is 1540. The number of hydrogen-bond donors (Lipinski definition) is 1. The van der Waals surface area contributed by atoms with E-state index >= 15 is 0 Å². The van der Waals surface area contributed by atoms with Crippen LogP contribution in [0.4, 0.5) is 0 Å². The molecule has 5 aromatic rings.